The van der Waals surface area contributed by atoms with E-state index in [0.29, 0.717) is 65.7 Å². The van der Waals surface area contributed by atoms with Crippen molar-refractivity contribution >= 4 is 46.3 Å². The van der Waals surface area contributed by atoms with Crippen LogP contribution in [0.1, 0.15) is 28.0 Å². The van der Waals surface area contributed by atoms with Crippen molar-refractivity contribution in [3.05, 3.63) is 69.3 Å². The molecule has 5 rings (SSSR count). The molecule has 2 aromatic carbocycles. The fourth-order valence-corrected chi connectivity index (χ4v) is 4.90. The lowest BCUT2D eigenvalue weighted by Gasteiger charge is -2.31. The fourth-order valence-electron chi connectivity index (χ4n) is 4.53. The van der Waals surface area contributed by atoms with Crippen molar-refractivity contribution in [2.24, 2.45) is 0 Å². The first-order valence-electron chi connectivity index (χ1n) is 11.9. The predicted molar refractivity (Wildman–Crippen MR) is 141 cm³/mol. The van der Waals surface area contributed by atoms with Gasteiger partial charge in [-0.05, 0) is 54.8 Å². The van der Waals surface area contributed by atoms with Gasteiger partial charge in [-0.15, -0.1) is 5.10 Å². The maximum absolute atomic E-state index is 12.9. The molecule has 2 aliphatic heterocycles. The van der Waals surface area contributed by atoms with Crippen molar-refractivity contribution in [2.45, 2.75) is 19.4 Å². The van der Waals surface area contributed by atoms with Gasteiger partial charge >= 0.3 is 0 Å². The predicted octanol–water partition coefficient (Wildman–Crippen LogP) is 4.96. The highest BCUT2D eigenvalue weighted by molar-refractivity contribution is 6.33. The average Bonchev–Trinajstić information content (AvgIpc) is 2.91. The zero-order chi connectivity index (χ0) is 25.1. The third-order valence-corrected chi connectivity index (χ3v) is 7.01. The van der Waals surface area contributed by atoms with Gasteiger partial charge in [-0.25, -0.2) is 0 Å². The minimum absolute atomic E-state index is 0.0351. The average molecular weight is 528 g/mol. The molecular formula is C26H27Cl2N5O3. The number of anilines is 3. The second kappa shape index (κ2) is 10.9. The third-order valence-electron chi connectivity index (χ3n) is 6.41. The van der Waals surface area contributed by atoms with Gasteiger partial charge in [-0.2, -0.15) is 5.10 Å². The van der Waals surface area contributed by atoms with Gasteiger partial charge in [0.15, 0.2) is 5.82 Å². The van der Waals surface area contributed by atoms with Gasteiger partial charge < -0.3 is 24.6 Å². The van der Waals surface area contributed by atoms with Crippen LogP contribution < -0.4 is 15.0 Å². The Bertz CT molecular complexity index is 1270. The highest BCUT2D eigenvalue weighted by atomic mass is 35.5. The quantitative estimate of drug-likeness (QED) is 0.485. The summed E-state index contributed by atoms with van der Waals surface area (Å²) in [4.78, 5) is 16.9. The van der Waals surface area contributed by atoms with Crippen molar-refractivity contribution in [1.82, 2.24) is 15.1 Å². The summed E-state index contributed by atoms with van der Waals surface area (Å²) in [6, 6.07) is 12.9. The molecule has 1 saturated heterocycles. The zero-order valence-corrected chi connectivity index (χ0v) is 21.5. The first-order chi connectivity index (χ1) is 17.5. The molecule has 3 aromatic rings. The normalized spacial score (nSPS) is 15.4. The van der Waals surface area contributed by atoms with Crippen LogP contribution in [0.15, 0.2) is 42.5 Å². The first-order valence-corrected chi connectivity index (χ1v) is 12.6. The number of rotatable bonds is 6. The number of nitrogens with one attached hydrogen (secondary N) is 1. The molecule has 1 aromatic heterocycles. The number of fused-ring (bicyclic) bond motifs is 1. The molecule has 1 N–H and O–H groups in total. The number of nitrogens with zero attached hydrogens (tertiary/aromatic N) is 4. The molecular weight excluding hydrogens is 501 g/mol. The maximum Gasteiger partial charge on any atom is 0.254 e. The molecule has 0 unspecified atom stereocenters. The van der Waals surface area contributed by atoms with Gasteiger partial charge in [0.2, 0.25) is 0 Å². The third kappa shape index (κ3) is 5.36. The maximum atomic E-state index is 12.9. The molecule has 3 heterocycles. The molecule has 0 spiro atoms. The molecule has 8 nitrogen and oxygen atoms in total. The number of aromatic nitrogens is 2. The Labute approximate surface area is 220 Å². The van der Waals surface area contributed by atoms with Crippen LogP contribution in [0.4, 0.5) is 17.2 Å². The Morgan fingerprint density at radius 2 is 1.92 bits per heavy atom. The summed E-state index contributed by atoms with van der Waals surface area (Å²) in [7, 11) is 1.58. The number of carbonyl (C=O) groups excluding carboxylic acids is 1. The first kappa shape index (κ1) is 24.6. The number of hydrogen-bond donors (Lipinski definition) is 1. The number of hydrogen-bond acceptors (Lipinski definition) is 7. The van der Waals surface area contributed by atoms with Crippen LogP contribution >= 0.6 is 23.2 Å². The molecule has 0 aliphatic carbocycles. The topological polar surface area (TPSA) is 79.8 Å². The largest absolute Gasteiger partial charge is 0.495 e. The molecule has 0 atom stereocenters. The van der Waals surface area contributed by atoms with Gasteiger partial charge in [0.25, 0.3) is 5.91 Å². The molecule has 0 bridgehead atoms. The summed E-state index contributed by atoms with van der Waals surface area (Å²) in [6.45, 7) is 3.79. The number of benzene rings is 2. The van der Waals surface area contributed by atoms with E-state index in [2.05, 4.69) is 20.4 Å². The summed E-state index contributed by atoms with van der Waals surface area (Å²) in [5, 5.41) is 13.5. The van der Waals surface area contributed by atoms with E-state index in [1.807, 2.05) is 24.3 Å². The molecule has 188 valence electrons. The van der Waals surface area contributed by atoms with E-state index in [0.717, 1.165) is 36.3 Å². The number of morpholine rings is 1. The lowest BCUT2D eigenvalue weighted by molar-refractivity contribution is 0.0302. The van der Waals surface area contributed by atoms with Crippen LogP contribution in [0, 0.1) is 0 Å². The molecule has 10 heteroatoms. The minimum Gasteiger partial charge on any atom is -0.495 e. The second-order valence-electron chi connectivity index (χ2n) is 8.77. The van der Waals surface area contributed by atoms with E-state index >= 15 is 0 Å². The fraction of sp³-hybridized carbons (Fsp3) is 0.346. The Hall–Kier alpha value is -3.07. The summed E-state index contributed by atoms with van der Waals surface area (Å²) in [6.07, 6.45) is 1.85. The summed E-state index contributed by atoms with van der Waals surface area (Å²) in [5.41, 5.74) is 4.19. The van der Waals surface area contributed by atoms with Gasteiger partial charge in [-0.1, -0.05) is 23.2 Å². The molecule has 36 heavy (non-hydrogen) atoms. The van der Waals surface area contributed by atoms with Crippen LogP contribution in [-0.4, -0.2) is 61.0 Å². The Morgan fingerprint density at radius 1 is 1.08 bits per heavy atom. The van der Waals surface area contributed by atoms with Gasteiger partial charge in [0, 0.05) is 47.9 Å². The van der Waals surface area contributed by atoms with E-state index in [1.165, 1.54) is 0 Å². The number of methoxy groups -OCH3 is 1. The van der Waals surface area contributed by atoms with Gasteiger partial charge in [0.05, 0.1) is 37.4 Å². The lowest BCUT2D eigenvalue weighted by Crippen LogP contribution is -2.40. The number of amides is 1. The Kier molecular flexibility index (Phi) is 7.46. The minimum atomic E-state index is -0.0351. The van der Waals surface area contributed by atoms with Crippen LogP contribution in [0.2, 0.25) is 10.0 Å². The van der Waals surface area contributed by atoms with E-state index in [1.54, 1.807) is 30.2 Å². The highest BCUT2D eigenvalue weighted by Gasteiger charge is 2.22. The van der Waals surface area contributed by atoms with Crippen molar-refractivity contribution in [3.63, 3.8) is 0 Å². The molecule has 1 fully saturated rings. The van der Waals surface area contributed by atoms with E-state index < -0.39 is 0 Å². The van der Waals surface area contributed by atoms with Crippen molar-refractivity contribution in [2.75, 3.05) is 50.2 Å². The van der Waals surface area contributed by atoms with Crippen LogP contribution in [0.5, 0.6) is 5.75 Å². The molecule has 0 saturated carbocycles. The van der Waals surface area contributed by atoms with Crippen molar-refractivity contribution < 1.29 is 14.3 Å². The zero-order valence-electron chi connectivity index (χ0n) is 20.0. The molecule has 2 aliphatic rings. The van der Waals surface area contributed by atoms with Crippen molar-refractivity contribution in [3.8, 4) is 5.75 Å². The number of aryl methyl sites for hydroxylation is 1. The molecule has 1 amide bonds. The second-order valence-corrected chi connectivity index (χ2v) is 9.61. The van der Waals surface area contributed by atoms with E-state index in [4.69, 9.17) is 32.7 Å². The SMILES string of the molecule is COc1cc(C(=O)N2CCOCC2)ccc1Nc1cc2c(nn1)CCCN2Cc1cc(Cl)ccc1Cl. The van der Waals surface area contributed by atoms with Gasteiger partial charge in [-0.3, -0.25) is 4.79 Å². The summed E-state index contributed by atoms with van der Waals surface area (Å²) >= 11 is 12.6. The van der Waals surface area contributed by atoms with Crippen LogP contribution in [0.3, 0.4) is 0 Å². The Balaban J connectivity index is 1.37. The van der Waals surface area contributed by atoms with E-state index in [9.17, 15) is 4.79 Å². The standard InChI is InChI=1S/C26H27Cl2N5O3/c1-35-24-14-17(26(34)32-9-11-36-12-10-32)4-7-22(24)29-25-15-23-21(30-31-25)3-2-8-33(23)16-18-13-19(27)5-6-20(18)28/h4-7,13-15H,2-3,8-12,16H2,1H3,(H,29,31). The smallest absolute Gasteiger partial charge is 0.254 e. The number of ether oxygens (including phenoxy) is 2. The van der Waals surface area contributed by atoms with E-state index in [-0.39, 0.29) is 5.91 Å². The molecule has 0 radical (unpaired) electrons. The van der Waals surface area contributed by atoms with Gasteiger partial charge in [0.1, 0.15) is 5.75 Å². The van der Waals surface area contributed by atoms with Crippen molar-refractivity contribution in [1.29, 1.82) is 0 Å². The Morgan fingerprint density at radius 3 is 2.72 bits per heavy atom. The van der Waals surface area contributed by atoms with Crippen LogP contribution in [-0.2, 0) is 17.7 Å². The lowest BCUT2D eigenvalue weighted by atomic mass is 10.1. The monoisotopic (exact) mass is 527 g/mol. The summed E-state index contributed by atoms with van der Waals surface area (Å²) < 4.78 is 10.9. The summed E-state index contributed by atoms with van der Waals surface area (Å²) in [5.74, 6) is 1.10. The number of carbonyl (C=O) groups is 1. The van der Waals surface area contributed by atoms with Crippen LogP contribution in [0.25, 0.3) is 0 Å². The highest BCUT2D eigenvalue weighted by Crippen LogP contribution is 2.33. The number of halogens is 2.